The maximum atomic E-state index is 15.4. The number of amides is 1. The van der Waals surface area contributed by atoms with Gasteiger partial charge in [0.25, 0.3) is 5.91 Å². The van der Waals surface area contributed by atoms with Crippen molar-refractivity contribution in [2.45, 2.75) is 44.4 Å². The Bertz CT molecular complexity index is 990. The number of rotatable bonds is 6. The number of aliphatic hydroxyl groups is 1. The van der Waals surface area contributed by atoms with Crippen LogP contribution in [-0.4, -0.2) is 46.4 Å². The van der Waals surface area contributed by atoms with Crippen LogP contribution in [-0.2, 0) is 22.1 Å². The molecule has 168 valence electrons. The van der Waals surface area contributed by atoms with Gasteiger partial charge in [-0.3, -0.25) is 14.3 Å². The second-order valence-corrected chi connectivity index (χ2v) is 9.55. The van der Waals surface area contributed by atoms with E-state index in [0.717, 1.165) is 18.2 Å². The summed E-state index contributed by atoms with van der Waals surface area (Å²) in [5.74, 6) is -2.68. The maximum Gasteiger partial charge on any atom is 0.254 e. The molecule has 1 heterocycles. The first-order chi connectivity index (χ1) is 14.5. The van der Waals surface area contributed by atoms with E-state index in [1.807, 2.05) is 0 Å². The number of carbonyl (C=O) groups is 1. The molecule has 0 saturated carbocycles. The molecule has 1 saturated heterocycles. The highest BCUT2D eigenvalue weighted by Gasteiger charge is 2.42. The number of nitrogens with zero attached hydrogens (tertiary/aromatic N) is 1. The number of hydrogen-bond donors (Lipinski definition) is 3. The van der Waals surface area contributed by atoms with E-state index in [0.29, 0.717) is 13.0 Å². The van der Waals surface area contributed by atoms with E-state index >= 15 is 4.39 Å². The Hall–Kier alpha value is -2.23. The van der Waals surface area contributed by atoms with Crippen LogP contribution in [0.25, 0.3) is 11.1 Å². The Morgan fingerprint density at radius 1 is 1.26 bits per heavy atom. The van der Waals surface area contributed by atoms with Crippen LogP contribution in [0.1, 0.15) is 25.8 Å². The molecule has 5 nitrogen and oxygen atoms in total. The molecular formula is C22H26F3N3O2S. The lowest BCUT2D eigenvalue weighted by Crippen LogP contribution is -2.52. The lowest BCUT2D eigenvalue weighted by molar-refractivity contribution is -0.148. The largest absolute Gasteiger partial charge is 0.381 e. The van der Waals surface area contributed by atoms with E-state index in [-0.39, 0.29) is 29.2 Å². The minimum atomic E-state index is -1.58. The van der Waals surface area contributed by atoms with Crippen molar-refractivity contribution in [1.29, 1.82) is 4.78 Å². The fraction of sp³-hybridized carbons (Fsp3) is 0.409. The Morgan fingerprint density at radius 2 is 1.90 bits per heavy atom. The lowest BCUT2D eigenvalue weighted by atomic mass is 9.95. The second kappa shape index (κ2) is 9.10. The molecule has 0 radical (unpaired) electrons. The summed E-state index contributed by atoms with van der Waals surface area (Å²) < 4.78 is 53.6. The van der Waals surface area contributed by atoms with Gasteiger partial charge in [-0.15, -0.1) is 0 Å². The number of carbonyl (C=O) groups excluding carboxylic acids is 1. The minimum Gasteiger partial charge on any atom is -0.381 e. The van der Waals surface area contributed by atoms with Gasteiger partial charge in [-0.05, 0) is 60.8 Å². The molecule has 1 fully saturated rings. The Kier molecular flexibility index (Phi) is 6.88. The molecule has 3 atom stereocenters. The fourth-order valence-electron chi connectivity index (χ4n) is 3.97. The van der Waals surface area contributed by atoms with E-state index in [2.05, 4.69) is 4.72 Å². The van der Waals surface area contributed by atoms with Crippen molar-refractivity contribution >= 4 is 16.8 Å². The van der Waals surface area contributed by atoms with Gasteiger partial charge in [0, 0.05) is 30.5 Å². The standard InChI is InChI=1S/C22H26F3N3O2S/c1-22(2,30)21(29)28-8-7-18(27-31(3)26)19(28)11-13-5-4-6-17(20(13)25)14-9-15(23)12-16(24)10-14/h4-6,9-10,12,18-19,30H,7-8,11H2,1-3H3,(H2,26,27). The summed E-state index contributed by atoms with van der Waals surface area (Å²) in [5, 5.41) is 10.2. The first-order valence-corrected chi connectivity index (χ1v) is 11.5. The summed E-state index contributed by atoms with van der Waals surface area (Å²) in [6.45, 7) is 3.18. The molecule has 3 rings (SSSR count). The topological polar surface area (TPSA) is 76.4 Å². The third kappa shape index (κ3) is 5.34. The minimum absolute atomic E-state index is 0.0644. The molecule has 31 heavy (non-hydrogen) atoms. The van der Waals surface area contributed by atoms with Crippen LogP contribution in [0.5, 0.6) is 0 Å². The van der Waals surface area contributed by atoms with Crippen LogP contribution in [0.15, 0.2) is 36.4 Å². The molecule has 1 aliphatic rings. The zero-order chi connectivity index (χ0) is 22.9. The first-order valence-electron chi connectivity index (χ1n) is 9.88. The zero-order valence-corrected chi connectivity index (χ0v) is 18.4. The van der Waals surface area contributed by atoms with Crippen molar-refractivity contribution in [1.82, 2.24) is 9.62 Å². The lowest BCUT2D eigenvalue weighted by Gasteiger charge is -2.32. The zero-order valence-electron chi connectivity index (χ0n) is 17.6. The van der Waals surface area contributed by atoms with Crippen molar-refractivity contribution < 1.29 is 23.1 Å². The molecule has 1 aliphatic heterocycles. The number of benzene rings is 2. The second-order valence-electron chi connectivity index (χ2n) is 8.29. The monoisotopic (exact) mass is 453 g/mol. The molecule has 3 unspecified atom stereocenters. The highest BCUT2D eigenvalue weighted by atomic mass is 32.2. The average molecular weight is 454 g/mol. The first kappa shape index (κ1) is 23.4. The number of hydrogen-bond acceptors (Lipinski definition) is 3. The van der Waals surface area contributed by atoms with Crippen molar-refractivity contribution in [3.05, 3.63) is 59.4 Å². The molecule has 0 aliphatic carbocycles. The molecular weight excluding hydrogens is 427 g/mol. The summed E-state index contributed by atoms with van der Waals surface area (Å²) in [5.41, 5.74) is -1.14. The van der Waals surface area contributed by atoms with E-state index < -0.39 is 45.9 Å². The highest BCUT2D eigenvalue weighted by Crippen LogP contribution is 2.30. The predicted octanol–water partition coefficient (Wildman–Crippen LogP) is 3.57. The number of likely N-dealkylation sites (tertiary alicyclic amines) is 1. The van der Waals surface area contributed by atoms with Crippen LogP contribution >= 0.6 is 0 Å². The molecule has 2 aromatic carbocycles. The third-order valence-corrected chi connectivity index (χ3v) is 6.00. The van der Waals surface area contributed by atoms with E-state index in [1.165, 1.54) is 24.8 Å². The summed E-state index contributed by atoms with van der Waals surface area (Å²) in [7, 11) is -0.856. The van der Waals surface area contributed by atoms with Gasteiger partial charge in [0.2, 0.25) is 0 Å². The Morgan fingerprint density at radius 3 is 2.48 bits per heavy atom. The van der Waals surface area contributed by atoms with Gasteiger partial charge in [-0.25, -0.2) is 13.2 Å². The van der Waals surface area contributed by atoms with Crippen LogP contribution in [0, 0.1) is 22.2 Å². The van der Waals surface area contributed by atoms with E-state index in [9.17, 15) is 18.7 Å². The van der Waals surface area contributed by atoms with Gasteiger partial charge in [-0.2, -0.15) is 0 Å². The van der Waals surface area contributed by atoms with E-state index in [4.69, 9.17) is 4.78 Å². The Labute approximate surface area is 182 Å². The average Bonchev–Trinajstić information content (AvgIpc) is 3.02. The van der Waals surface area contributed by atoms with Crippen molar-refractivity contribution in [2.75, 3.05) is 12.8 Å². The SMILES string of the molecule is CS(=N)NC1CCN(C(=O)C(C)(C)O)C1Cc1cccc(-c2cc(F)cc(F)c2)c1F. The highest BCUT2D eigenvalue weighted by molar-refractivity contribution is 7.83. The fourth-order valence-corrected chi connectivity index (χ4v) is 4.70. The number of nitrogens with one attached hydrogen (secondary N) is 2. The van der Waals surface area contributed by atoms with Gasteiger partial charge in [0.05, 0.1) is 6.04 Å². The van der Waals surface area contributed by atoms with Gasteiger partial charge >= 0.3 is 0 Å². The van der Waals surface area contributed by atoms with Crippen LogP contribution in [0.2, 0.25) is 0 Å². The molecule has 2 aromatic rings. The van der Waals surface area contributed by atoms with Crippen molar-refractivity contribution in [2.24, 2.45) is 0 Å². The quantitative estimate of drug-likeness (QED) is 0.626. The normalized spacial score (nSPS) is 20.2. The molecule has 1 amide bonds. The van der Waals surface area contributed by atoms with Gasteiger partial charge in [-0.1, -0.05) is 18.2 Å². The van der Waals surface area contributed by atoms with Gasteiger partial charge in [0.1, 0.15) is 23.1 Å². The summed E-state index contributed by atoms with van der Waals surface area (Å²) in [6.07, 6.45) is 2.39. The summed E-state index contributed by atoms with van der Waals surface area (Å²) in [4.78, 5) is 14.3. The summed E-state index contributed by atoms with van der Waals surface area (Å²) in [6, 6.07) is 6.76. The molecule has 9 heteroatoms. The third-order valence-electron chi connectivity index (χ3n) is 5.34. The molecule has 0 aromatic heterocycles. The van der Waals surface area contributed by atoms with Crippen LogP contribution in [0.3, 0.4) is 0 Å². The van der Waals surface area contributed by atoms with Gasteiger partial charge < -0.3 is 10.0 Å². The van der Waals surface area contributed by atoms with Crippen LogP contribution < -0.4 is 4.72 Å². The maximum absolute atomic E-state index is 15.4. The Balaban J connectivity index is 1.97. The molecule has 3 N–H and O–H groups in total. The van der Waals surface area contributed by atoms with Gasteiger partial charge in [0.15, 0.2) is 0 Å². The predicted molar refractivity (Wildman–Crippen MR) is 115 cm³/mol. The summed E-state index contributed by atoms with van der Waals surface area (Å²) >= 11 is 0. The molecule has 0 bridgehead atoms. The van der Waals surface area contributed by atoms with Crippen LogP contribution in [0.4, 0.5) is 13.2 Å². The smallest absolute Gasteiger partial charge is 0.254 e. The molecule has 0 spiro atoms. The number of halogens is 3. The van der Waals surface area contributed by atoms with Crippen molar-refractivity contribution in [3.63, 3.8) is 0 Å². The van der Waals surface area contributed by atoms with Crippen molar-refractivity contribution in [3.8, 4) is 11.1 Å². The van der Waals surface area contributed by atoms with E-state index in [1.54, 1.807) is 18.4 Å².